The van der Waals surface area contributed by atoms with Crippen LogP contribution in [0.25, 0.3) is 0 Å². The van der Waals surface area contributed by atoms with Gasteiger partial charge in [0.2, 0.25) is 5.91 Å². The molecule has 23 heavy (non-hydrogen) atoms. The van der Waals surface area contributed by atoms with Gasteiger partial charge in [-0.05, 0) is 44.4 Å². The van der Waals surface area contributed by atoms with Crippen molar-refractivity contribution >= 4 is 5.91 Å². The van der Waals surface area contributed by atoms with Crippen LogP contribution in [0, 0.1) is 5.41 Å². The zero-order chi connectivity index (χ0) is 17.5. The van der Waals surface area contributed by atoms with Crippen molar-refractivity contribution in [2.24, 2.45) is 11.1 Å². The smallest absolute Gasteiger partial charge is 0.227 e. The van der Waals surface area contributed by atoms with Gasteiger partial charge in [-0.1, -0.05) is 19.9 Å². The molecule has 0 aliphatic heterocycles. The number of hydrogen-bond donors (Lipinski definition) is 2. The summed E-state index contributed by atoms with van der Waals surface area (Å²) in [5.74, 6) is 1.38. The summed E-state index contributed by atoms with van der Waals surface area (Å²) in [7, 11) is 1.61. The lowest BCUT2D eigenvalue weighted by atomic mass is 9.81. The Kier molecular flexibility index (Phi) is 7.36. The molecule has 5 heteroatoms. The van der Waals surface area contributed by atoms with Gasteiger partial charge in [-0.25, -0.2) is 0 Å². The van der Waals surface area contributed by atoms with Gasteiger partial charge in [-0.15, -0.1) is 0 Å². The quantitative estimate of drug-likeness (QED) is 0.733. The maximum absolute atomic E-state index is 12.6. The molecular weight excluding hydrogens is 292 g/mol. The number of rotatable bonds is 9. The summed E-state index contributed by atoms with van der Waals surface area (Å²) < 4.78 is 10.9. The molecule has 1 aromatic rings. The van der Waals surface area contributed by atoms with E-state index in [4.69, 9.17) is 15.2 Å². The van der Waals surface area contributed by atoms with Crippen molar-refractivity contribution in [2.45, 2.75) is 46.6 Å². The first kappa shape index (κ1) is 19.3. The highest BCUT2D eigenvalue weighted by atomic mass is 16.5. The summed E-state index contributed by atoms with van der Waals surface area (Å²) in [6.45, 7) is 8.82. The number of hydrogen-bond acceptors (Lipinski definition) is 4. The minimum atomic E-state index is -0.496. The number of nitrogens with one attached hydrogen (secondary N) is 1. The lowest BCUT2D eigenvalue weighted by Gasteiger charge is -2.30. The Balaban J connectivity index is 2.93. The van der Waals surface area contributed by atoms with E-state index >= 15 is 0 Å². The lowest BCUT2D eigenvalue weighted by Crippen LogP contribution is -2.46. The molecule has 0 saturated heterocycles. The molecule has 130 valence electrons. The maximum Gasteiger partial charge on any atom is 0.227 e. The normalized spacial score (nSPS) is 12.6. The Bertz CT molecular complexity index is 505. The average Bonchev–Trinajstić information content (AvgIpc) is 2.57. The molecule has 0 aromatic heterocycles. The number of amides is 1. The minimum Gasteiger partial charge on any atom is -0.493 e. The van der Waals surface area contributed by atoms with Gasteiger partial charge < -0.3 is 20.5 Å². The van der Waals surface area contributed by atoms with Gasteiger partial charge in [-0.3, -0.25) is 4.79 Å². The molecule has 1 unspecified atom stereocenters. The summed E-state index contributed by atoms with van der Waals surface area (Å²) in [5.41, 5.74) is 6.32. The van der Waals surface area contributed by atoms with Gasteiger partial charge in [-0.2, -0.15) is 0 Å². The van der Waals surface area contributed by atoms with E-state index in [1.54, 1.807) is 7.11 Å². The fraction of sp³-hybridized carbons (Fsp3) is 0.611. The Morgan fingerprint density at radius 3 is 2.39 bits per heavy atom. The molecule has 1 aromatic carbocycles. The molecule has 1 amide bonds. The van der Waals surface area contributed by atoms with E-state index in [9.17, 15) is 4.79 Å². The number of benzene rings is 1. The van der Waals surface area contributed by atoms with Crippen LogP contribution in [0.15, 0.2) is 18.2 Å². The van der Waals surface area contributed by atoms with Crippen LogP contribution in [0.1, 0.15) is 52.1 Å². The van der Waals surface area contributed by atoms with Crippen LogP contribution in [-0.4, -0.2) is 26.2 Å². The van der Waals surface area contributed by atoms with Crippen molar-refractivity contribution in [1.29, 1.82) is 0 Å². The summed E-state index contributed by atoms with van der Waals surface area (Å²) >= 11 is 0. The topological polar surface area (TPSA) is 73.6 Å². The van der Waals surface area contributed by atoms with Crippen molar-refractivity contribution in [1.82, 2.24) is 5.32 Å². The number of nitrogens with two attached hydrogens (primary N) is 1. The first-order valence-electron chi connectivity index (χ1n) is 8.29. The molecule has 1 atom stereocenters. The van der Waals surface area contributed by atoms with Crippen LogP contribution in [0.5, 0.6) is 11.5 Å². The molecule has 0 radical (unpaired) electrons. The van der Waals surface area contributed by atoms with Crippen molar-refractivity contribution in [3.8, 4) is 11.5 Å². The second kappa shape index (κ2) is 8.77. The molecule has 0 bridgehead atoms. The first-order chi connectivity index (χ1) is 11.0. The highest BCUT2D eigenvalue weighted by Crippen LogP contribution is 2.31. The standard InChI is InChI=1S/C18H30N2O3/c1-6-18(7-2,12-19)17(21)20-13(4)14-9-10-15(23-8-3)16(11-14)22-5/h9-11,13H,6-8,12,19H2,1-5H3,(H,20,21). The van der Waals surface area contributed by atoms with Crippen molar-refractivity contribution < 1.29 is 14.3 Å². The molecule has 0 aliphatic carbocycles. The lowest BCUT2D eigenvalue weighted by molar-refractivity contribution is -0.131. The molecule has 0 saturated carbocycles. The van der Waals surface area contributed by atoms with Gasteiger partial charge >= 0.3 is 0 Å². The minimum absolute atomic E-state index is 0.00496. The van der Waals surface area contributed by atoms with E-state index in [1.807, 2.05) is 45.9 Å². The van der Waals surface area contributed by atoms with Crippen LogP contribution in [0.3, 0.4) is 0 Å². The van der Waals surface area contributed by atoms with E-state index in [2.05, 4.69) is 5.32 Å². The number of carbonyl (C=O) groups is 1. The summed E-state index contributed by atoms with van der Waals surface area (Å²) in [4.78, 5) is 12.6. The second-order valence-corrected chi connectivity index (χ2v) is 5.73. The zero-order valence-corrected chi connectivity index (χ0v) is 14.9. The Morgan fingerprint density at radius 2 is 1.91 bits per heavy atom. The Morgan fingerprint density at radius 1 is 1.26 bits per heavy atom. The van der Waals surface area contributed by atoms with Crippen molar-refractivity contribution in [3.63, 3.8) is 0 Å². The SMILES string of the molecule is CCOc1ccc(C(C)NC(=O)C(CC)(CC)CN)cc1OC. The highest BCUT2D eigenvalue weighted by Gasteiger charge is 2.34. The second-order valence-electron chi connectivity index (χ2n) is 5.73. The van der Waals surface area contributed by atoms with Gasteiger partial charge in [0, 0.05) is 6.54 Å². The Labute approximate surface area is 139 Å². The number of methoxy groups -OCH3 is 1. The number of carbonyl (C=O) groups excluding carboxylic acids is 1. The first-order valence-corrected chi connectivity index (χ1v) is 8.29. The van der Waals surface area contributed by atoms with Crippen LogP contribution < -0.4 is 20.5 Å². The molecule has 0 spiro atoms. The van der Waals surface area contributed by atoms with E-state index < -0.39 is 5.41 Å². The molecule has 0 heterocycles. The number of ether oxygens (including phenoxy) is 2. The average molecular weight is 322 g/mol. The highest BCUT2D eigenvalue weighted by molar-refractivity contribution is 5.83. The van der Waals surface area contributed by atoms with Gasteiger partial charge in [0.25, 0.3) is 0 Å². The Hall–Kier alpha value is -1.75. The maximum atomic E-state index is 12.6. The van der Waals surface area contributed by atoms with Crippen LogP contribution in [0.4, 0.5) is 0 Å². The van der Waals surface area contributed by atoms with E-state index in [0.717, 1.165) is 18.4 Å². The summed E-state index contributed by atoms with van der Waals surface area (Å²) in [6, 6.07) is 5.59. The molecule has 0 aliphatic rings. The molecule has 5 nitrogen and oxygen atoms in total. The van der Waals surface area contributed by atoms with E-state index in [-0.39, 0.29) is 11.9 Å². The van der Waals surface area contributed by atoms with Crippen molar-refractivity contribution in [3.05, 3.63) is 23.8 Å². The fourth-order valence-corrected chi connectivity index (χ4v) is 2.61. The molecule has 3 N–H and O–H groups in total. The van der Waals surface area contributed by atoms with Crippen LogP contribution >= 0.6 is 0 Å². The predicted octanol–water partition coefficient (Wildman–Crippen LogP) is 3.04. The third kappa shape index (κ3) is 4.38. The fourth-order valence-electron chi connectivity index (χ4n) is 2.61. The molecule has 0 fully saturated rings. The van der Waals surface area contributed by atoms with Crippen molar-refractivity contribution in [2.75, 3.05) is 20.3 Å². The summed E-state index contributed by atoms with van der Waals surface area (Å²) in [5, 5.41) is 3.08. The zero-order valence-electron chi connectivity index (χ0n) is 14.9. The van der Waals surface area contributed by atoms with E-state index in [1.165, 1.54) is 0 Å². The monoisotopic (exact) mass is 322 g/mol. The van der Waals surface area contributed by atoms with Gasteiger partial charge in [0.1, 0.15) is 0 Å². The largest absolute Gasteiger partial charge is 0.493 e. The van der Waals surface area contributed by atoms with Crippen LogP contribution in [0.2, 0.25) is 0 Å². The van der Waals surface area contributed by atoms with E-state index in [0.29, 0.717) is 24.7 Å². The molecule has 1 rings (SSSR count). The third-order valence-corrected chi connectivity index (χ3v) is 4.56. The third-order valence-electron chi connectivity index (χ3n) is 4.56. The summed E-state index contributed by atoms with van der Waals surface area (Å²) in [6.07, 6.45) is 1.45. The van der Waals surface area contributed by atoms with Crippen LogP contribution in [-0.2, 0) is 4.79 Å². The molecular formula is C18H30N2O3. The predicted molar refractivity (Wildman–Crippen MR) is 92.8 cm³/mol. The van der Waals surface area contributed by atoms with Gasteiger partial charge in [0.15, 0.2) is 11.5 Å². The van der Waals surface area contributed by atoms with Gasteiger partial charge in [0.05, 0.1) is 25.2 Å².